The maximum absolute atomic E-state index is 13.5. The Hall–Kier alpha value is -3.44. The van der Waals surface area contributed by atoms with Crippen molar-refractivity contribution in [2.24, 2.45) is 0 Å². The number of ether oxygens (including phenoxy) is 2. The highest BCUT2D eigenvalue weighted by Gasteiger charge is 2.34. The van der Waals surface area contributed by atoms with Crippen LogP contribution in [0.4, 0.5) is 22.0 Å². The molecule has 3 aromatic rings. The van der Waals surface area contributed by atoms with Gasteiger partial charge in [-0.05, 0) is 37.3 Å². The van der Waals surface area contributed by atoms with Crippen LogP contribution in [0.15, 0.2) is 29.5 Å². The molecule has 34 heavy (non-hydrogen) atoms. The minimum atomic E-state index is -0.301. The average molecular weight is 466 g/mol. The number of pyridine rings is 2. The smallest absolute Gasteiger partial charge is 0.328 e. The predicted octanol–water partition coefficient (Wildman–Crippen LogP) is 2.35. The van der Waals surface area contributed by atoms with E-state index in [2.05, 4.69) is 25.9 Å². The number of carbonyl (C=O) groups is 1. The fraction of sp³-hybridized carbons (Fsp3) is 0.478. The van der Waals surface area contributed by atoms with Crippen molar-refractivity contribution in [3.8, 4) is 0 Å². The topological polar surface area (TPSA) is 124 Å². The number of fused-ring (bicyclic) bond motifs is 4. The van der Waals surface area contributed by atoms with Gasteiger partial charge in [0.05, 0.1) is 24.4 Å². The van der Waals surface area contributed by atoms with Crippen LogP contribution >= 0.6 is 0 Å². The van der Waals surface area contributed by atoms with Crippen LogP contribution in [-0.2, 0) is 16.1 Å². The number of rotatable bonds is 2. The first-order chi connectivity index (χ1) is 16.6. The molecular weight excluding hydrogens is 438 g/mol. The molecule has 2 aliphatic heterocycles. The highest BCUT2D eigenvalue weighted by atomic mass is 16.5. The Kier molecular flexibility index (Phi) is 5.22. The van der Waals surface area contributed by atoms with Crippen molar-refractivity contribution < 1.29 is 14.3 Å². The number of hydrogen-bond donors (Lipinski definition) is 3. The van der Waals surface area contributed by atoms with Gasteiger partial charge in [-0.25, -0.2) is 19.3 Å². The number of aromatic nitrogens is 4. The standard InChI is InChI=1S/C23H27N7O4/c1-24-16-9-19-26-17-8-13(10-29(22(17)31)14-4-6-33-7-5-14)11-34-18-3-2-15(18)27-23(32)30-12-25-20(16)21(30)28-19/h8-10,12,14-15,18H,2-7,11H2,1H3,(H,27,32)(H2,24,26,28)/t15-,18-/m1/s1. The molecule has 5 heterocycles. The van der Waals surface area contributed by atoms with Gasteiger partial charge in [0.1, 0.15) is 23.3 Å². The zero-order valence-corrected chi connectivity index (χ0v) is 18.9. The van der Waals surface area contributed by atoms with Gasteiger partial charge >= 0.3 is 6.03 Å². The Morgan fingerprint density at radius 3 is 2.76 bits per heavy atom. The Morgan fingerprint density at radius 1 is 1.15 bits per heavy atom. The molecule has 3 aliphatic rings. The van der Waals surface area contributed by atoms with E-state index < -0.39 is 0 Å². The summed E-state index contributed by atoms with van der Waals surface area (Å²) in [6, 6.07) is 3.30. The molecule has 178 valence electrons. The lowest BCUT2D eigenvalue weighted by Gasteiger charge is -2.37. The maximum Gasteiger partial charge on any atom is 0.328 e. The van der Waals surface area contributed by atoms with Crippen LogP contribution in [0.2, 0.25) is 0 Å². The molecule has 1 aliphatic carbocycles. The Bertz CT molecular complexity index is 1310. The van der Waals surface area contributed by atoms with Crippen molar-refractivity contribution in [1.82, 2.24) is 24.4 Å². The fourth-order valence-electron chi connectivity index (χ4n) is 4.86. The van der Waals surface area contributed by atoms with E-state index in [9.17, 15) is 9.59 Å². The molecule has 2 atom stereocenters. The molecule has 0 aromatic carbocycles. The van der Waals surface area contributed by atoms with Crippen LogP contribution in [0, 0.1) is 0 Å². The summed E-state index contributed by atoms with van der Waals surface area (Å²) in [5.41, 5.74) is 2.87. The van der Waals surface area contributed by atoms with Crippen molar-refractivity contribution in [1.29, 1.82) is 0 Å². The summed E-state index contributed by atoms with van der Waals surface area (Å²) in [5.74, 6) is 0.443. The van der Waals surface area contributed by atoms with E-state index in [4.69, 9.17) is 9.47 Å². The molecular formula is C23H27N7O4. The zero-order chi connectivity index (χ0) is 23.2. The molecule has 4 bridgehead atoms. The van der Waals surface area contributed by atoms with Gasteiger partial charge in [-0.3, -0.25) is 4.79 Å². The van der Waals surface area contributed by atoms with Crippen LogP contribution in [0.3, 0.4) is 0 Å². The summed E-state index contributed by atoms with van der Waals surface area (Å²) >= 11 is 0. The fourth-order valence-corrected chi connectivity index (χ4v) is 4.86. The van der Waals surface area contributed by atoms with E-state index >= 15 is 0 Å². The van der Waals surface area contributed by atoms with Gasteiger partial charge in [0, 0.05) is 38.6 Å². The number of nitrogens with one attached hydrogen (secondary N) is 3. The summed E-state index contributed by atoms with van der Waals surface area (Å²) in [4.78, 5) is 35.5. The predicted molar refractivity (Wildman–Crippen MR) is 126 cm³/mol. The molecule has 1 amide bonds. The van der Waals surface area contributed by atoms with Gasteiger partial charge in [-0.15, -0.1) is 0 Å². The third-order valence-corrected chi connectivity index (χ3v) is 6.92. The normalized spacial score (nSPS) is 22.9. The third-order valence-electron chi connectivity index (χ3n) is 6.92. The summed E-state index contributed by atoms with van der Waals surface area (Å²) in [6.07, 6.45) is 6.56. The molecule has 6 rings (SSSR count). The van der Waals surface area contributed by atoms with E-state index in [1.165, 1.54) is 10.9 Å². The molecule has 0 radical (unpaired) electrons. The van der Waals surface area contributed by atoms with Crippen LogP contribution in [0.25, 0.3) is 11.2 Å². The van der Waals surface area contributed by atoms with Gasteiger partial charge < -0.3 is 30.0 Å². The molecule has 3 N–H and O–H groups in total. The van der Waals surface area contributed by atoms with E-state index in [0.717, 1.165) is 31.2 Å². The van der Waals surface area contributed by atoms with E-state index in [0.29, 0.717) is 48.2 Å². The van der Waals surface area contributed by atoms with Gasteiger partial charge in [-0.1, -0.05) is 0 Å². The second-order valence-electron chi connectivity index (χ2n) is 9.02. The minimum Gasteiger partial charge on any atom is -0.386 e. The number of nitrogens with zero attached hydrogens (tertiary/aromatic N) is 4. The number of carbonyl (C=O) groups excluding carboxylic acids is 1. The van der Waals surface area contributed by atoms with Gasteiger partial charge in [-0.2, -0.15) is 0 Å². The molecule has 11 heteroatoms. The second-order valence-corrected chi connectivity index (χ2v) is 9.02. The van der Waals surface area contributed by atoms with E-state index in [1.54, 1.807) is 17.7 Å². The van der Waals surface area contributed by atoms with Crippen LogP contribution < -0.4 is 21.5 Å². The molecule has 3 aromatic heterocycles. The van der Waals surface area contributed by atoms with Crippen LogP contribution in [0.1, 0.15) is 37.3 Å². The maximum atomic E-state index is 13.5. The first-order valence-electron chi connectivity index (χ1n) is 11.7. The lowest BCUT2D eigenvalue weighted by molar-refractivity contribution is -0.0325. The Balaban J connectivity index is 1.49. The van der Waals surface area contributed by atoms with Gasteiger partial charge in [0.25, 0.3) is 5.56 Å². The molecule has 11 nitrogen and oxygen atoms in total. The highest BCUT2D eigenvalue weighted by Crippen LogP contribution is 2.29. The SMILES string of the molecule is CNc1cc2nc3c1ncn3C(=O)N[C@@H]1CC[C@H]1OCc1cc(c(=O)n(C3CCOCC3)c1)N2. The quantitative estimate of drug-likeness (QED) is 0.527. The average Bonchev–Trinajstić information content (AvgIpc) is 3.27. The first-order valence-corrected chi connectivity index (χ1v) is 11.7. The van der Waals surface area contributed by atoms with E-state index in [1.807, 2.05) is 12.3 Å². The summed E-state index contributed by atoms with van der Waals surface area (Å²) in [7, 11) is 1.78. The third kappa shape index (κ3) is 3.61. The van der Waals surface area contributed by atoms with E-state index in [-0.39, 0.29) is 29.8 Å². The number of amides is 1. The lowest BCUT2D eigenvalue weighted by atomic mass is 9.89. The van der Waals surface area contributed by atoms with Crippen molar-refractivity contribution >= 4 is 34.4 Å². The lowest BCUT2D eigenvalue weighted by Crippen LogP contribution is -2.52. The second kappa shape index (κ2) is 8.41. The van der Waals surface area contributed by atoms with Gasteiger partial charge in [0.15, 0.2) is 5.65 Å². The van der Waals surface area contributed by atoms with Crippen molar-refractivity contribution in [3.63, 3.8) is 0 Å². The number of imidazole rings is 1. The van der Waals surface area contributed by atoms with Crippen molar-refractivity contribution in [2.45, 2.75) is 50.5 Å². The summed E-state index contributed by atoms with van der Waals surface area (Å²) in [5, 5.41) is 9.36. The highest BCUT2D eigenvalue weighted by molar-refractivity contribution is 5.94. The summed E-state index contributed by atoms with van der Waals surface area (Å²) < 4.78 is 14.9. The molecule has 1 saturated heterocycles. The molecule has 2 fully saturated rings. The first kappa shape index (κ1) is 21.1. The van der Waals surface area contributed by atoms with Crippen LogP contribution in [0.5, 0.6) is 0 Å². The zero-order valence-electron chi connectivity index (χ0n) is 18.9. The van der Waals surface area contributed by atoms with Crippen molar-refractivity contribution in [2.75, 3.05) is 30.9 Å². The van der Waals surface area contributed by atoms with Crippen molar-refractivity contribution in [3.05, 3.63) is 40.6 Å². The summed E-state index contributed by atoms with van der Waals surface area (Å²) in [6.45, 7) is 1.62. The molecule has 0 spiro atoms. The largest absolute Gasteiger partial charge is 0.386 e. The van der Waals surface area contributed by atoms with Gasteiger partial charge in [0.2, 0.25) is 0 Å². The van der Waals surface area contributed by atoms with Crippen LogP contribution in [-0.4, -0.2) is 57.5 Å². The monoisotopic (exact) mass is 465 g/mol. The number of anilines is 3. The minimum absolute atomic E-state index is 0.0705. The molecule has 0 unspecified atom stereocenters. The Morgan fingerprint density at radius 2 is 2.00 bits per heavy atom. The number of hydrogen-bond acceptors (Lipinski definition) is 8. The molecule has 1 saturated carbocycles. The Labute approximate surface area is 195 Å².